The van der Waals surface area contributed by atoms with Crippen LogP contribution in [0.5, 0.6) is 0 Å². The predicted molar refractivity (Wildman–Crippen MR) is 200 cm³/mol. The van der Waals surface area contributed by atoms with Gasteiger partial charge < -0.3 is 5.11 Å². The van der Waals surface area contributed by atoms with Gasteiger partial charge in [0.15, 0.2) is 5.78 Å². The van der Waals surface area contributed by atoms with Gasteiger partial charge >= 0.3 is 0 Å². The van der Waals surface area contributed by atoms with E-state index in [0.29, 0.717) is 5.92 Å². The van der Waals surface area contributed by atoms with E-state index in [4.69, 9.17) is 9.97 Å². The summed E-state index contributed by atoms with van der Waals surface area (Å²) in [4.78, 5) is 22.0. The van der Waals surface area contributed by atoms with E-state index in [1.54, 1.807) is 0 Å². The minimum atomic E-state index is -0.337. The molecule has 1 radical (unpaired) electrons. The van der Waals surface area contributed by atoms with Crippen molar-refractivity contribution in [2.45, 2.75) is 108 Å². The molecule has 0 saturated carbocycles. The maximum Gasteiger partial charge on any atom is 0.164 e. The van der Waals surface area contributed by atoms with Crippen LogP contribution in [0.15, 0.2) is 66.4 Å². The van der Waals surface area contributed by atoms with Crippen LogP contribution in [0.4, 0.5) is 0 Å². The van der Waals surface area contributed by atoms with Gasteiger partial charge in [-0.05, 0) is 71.3 Å². The van der Waals surface area contributed by atoms with Crippen molar-refractivity contribution in [3.05, 3.63) is 95.0 Å². The zero-order valence-electron chi connectivity index (χ0n) is 30.8. The third-order valence-corrected chi connectivity index (χ3v) is 10.5. The number of hydrogen-bond acceptors (Lipinski definition) is 4. The zero-order valence-corrected chi connectivity index (χ0v) is 33.2. The van der Waals surface area contributed by atoms with E-state index in [1.807, 2.05) is 48.5 Å². The minimum Gasteiger partial charge on any atom is -0.512 e. The summed E-state index contributed by atoms with van der Waals surface area (Å²) in [6.07, 6.45) is 4.75. The Hall–Kier alpha value is -3.40. The van der Waals surface area contributed by atoms with Crippen LogP contribution < -0.4 is 0 Å². The molecule has 0 atom stereocenters. The van der Waals surface area contributed by atoms with Crippen LogP contribution in [0.3, 0.4) is 0 Å². The Labute approximate surface area is 301 Å². The summed E-state index contributed by atoms with van der Waals surface area (Å²) in [5.74, 6) is 1.48. The molecule has 0 amide bonds. The summed E-state index contributed by atoms with van der Waals surface area (Å²) in [7, 11) is 0. The van der Waals surface area contributed by atoms with E-state index in [-0.39, 0.29) is 42.5 Å². The molecule has 0 bridgehead atoms. The smallest absolute Gasteiger partial charge is 0.164 e. The van der Waals surface area contributed by atoms with Crippen molar-refractivity contribution >= 4 is 38.2 Å². The van der Waals surface area contributed by atoms with Gasteiger partial charge in [-0.15, -0.1) is 34.9 Å². The van der Waals surface area contributed by atoms with Crippen molar-refractivity contribution < 1.29 is 30.0 Å². The number of aryl methyl sites for hydroxylation is 3. The number of hydrogen-bond donors (Lipinski definition) is 1. The molecule has 0 spiro atoms. The molecule has 0 fully saturated rings. The van der Waals surface area contributed by atoms with Gasteiger partial charge in [-0.2, -0.15) is 0 Å². The molecule has 1 aromatic heterocycles. The van der Waals surface area contributed by atoms with Crippen molar-refractivity contribution in [1.82, 2.24) is 9.97 Å². The second-order valence-electron chi connectivity index (χ2n) is 14.0. The fraction of sp³-hybridized carbons (Fsp3) is 0.419. The van der Waals surface area contributed by atoms with Gasteiger partial charge in [0.1, 0.15) is 11.6 Å². The van der Waals surface area contributed by atoms with Crippen LogP contribution in [0.1, 0.15) is 110 Å². The third-order valence-electron chi connectivity index (χ3n) is 10.5. The summed E-state index contributed by atoms with van der Waals surface area (Å²) in [6, 6.07) is 23.2. The van der Waals surface area contributed by atoms with Crippen molar-refractivity contribution in [3.8, 4) is 11.3 Å². The summed E-state index contributed by atoms with van der Waals surface area (Å²) in [5, 5.41) is 16.3. The molecule has 5 rings (SSSR count). The zero-order chi connectivity index (χ0) is 34.7. The predicted octanol–water partition coefficient (Wildman–Crippen LogP) is 12.1. The average molecular weight is 822 g/mol. The molecule has 0 unspecified atom stereocenters. The Morgan fingerprint density at radius 1 is 0.833 bits per heavy atom. The van der Waals surface area contributed by atoms with E-state index < -0.39 is 0 Å². The van der Waals surface area contributed by atoms with Gasteiger partial charge in [-0.25, -0.2) is 4.98 Å². The molecule has 0 aliphatic heterocycles. The Bertz CT molecular complexity index is 1930. The second kappa shape index (κ2) is 15.9. The Kier molecular flexibility index (Phi) is 12.9. The summed E-state index contributed by atoms with van der Waals surface area (Å²) in [5.41, 5.74) is 6.13. The van der Waals surface area contributed by atoms with Crippen molar-refractivity contribution in [2.24, 2.45) is 10.8 Å². The molecule has 4 aromatic carbocycles. The van der Waals surface area contributed by atoms with Gasteiger partial charge in [0.05, 0.1) is 5.52 Å². The van der Waals surface area contributed by atoms with Crippen LogP contribution >= 0.6 is 0 Å². The number of fused-ring (bicyclic) bond motifs is 5. The second-order valence-corrected chi connectivity index (χ2v) is 14.0. The first-order valence-corrected chi connectivity index (χ1v) is 17.3. The number of aliphatic hydroxyl groups excluding tert-OH is 1. The number of benzene rings is 4. The molecule has 257 valence electrons. The normalized spacial score (nSPS) is 12.3. The van der Waals surface area contributed by atoms with Crippen LogP contribution in [0, 0.1) is 37.7 Å². The van der Waals surface area contributed by atoms with Crippen molar-refractivity contribution in [2.75, 3.05) is 0 Å². The van der Waals surface area contributed by atoms with E-state index in [0.717, 1.165) is 59.2 Å². The number of aromatic nitrogens is 2. The molecule has 0 aliphatic rings. The van der Waals surface area contributed by atoms with Gasteiger partial charge in [0.2, 0.25) is 0 Å². The van der Waals surface area contributed by atoms with Gasteiger partial charge in [-0.1, -0.05) is 112 Å². The van der Waals surface area contributed by atoms with Gasteiger partial charge in [0.25, 0.3) is 0 Å². The number of carbonyl (C=O) groups is 1. The number of aliphatic hydroxyl groups is 1. The van der Waals surface area contributed by atoms with Gasteiger partial charge in [-0.3, -0.25) is 9.78 Å². The van der Waals surface area contributed by atoms with Crippen molar-refractivity contribution in [3.63, 3.8) is 0 Å². The van der Waals surface area contributed by atoms with E-state index in [1.165, 1.54) is 38.7 Å². The monoisotopic (exact) mass is 822 g/mol. The van der Waals surface area contributed by atoms with Gasteiger partial charge in [0, 0.05) is 42.4 Å². The van der Waals surface area contributed by atoms with E-state index in [2.05, 4.69) is 88.4 Å². The first-order valence-electron chi connectivity index (χ1n) is 17.3. The fourth-order valence-electron chi connectivity index (χ4n) is 6.30. The standard InChI is InChI=1S/C28H25N2.C15H28O2.Ir/c1-16(2)25-15-20-8-6-7-9-22(20)23-10-11-24-27(21-13-17(3)12-18(4)14-21)29-19(5)30-28(24)26(23)25;1-7-14(5,8-2)12(16)11-13(17)15(6,9-3)10-4;/h6-13,15-16H,1-5H3;11,16H,7-10H2,1-6H3;/q-1;;/b;12-11-;. The number of nitrogens with zero attached hydrogens (tertiary/aromatic N) is 2. The molecule has 5 aromatic rings. The van der Waals surface area contributed by atoms with Crippen LogP contribution in [-0.4, -0.2) is 20.9 Å². The van der Waals surface area contributed by atoms with E-state index in [9.17, 15) is 9.90 Å². The van der Waals surface area contributed by atoms with Crippen LogP contribution in [-0.2, 0) is 24.9 Å². The maximum atomic E-state index is 12.2. The molecule has 4 nitrogen and oxygen atoms in total. The summed E-state index contributed by atoms with van der Waals surface area (Å²) in [6.45, 7) is 22.8. The number of ketones is 1. The summed E-state index contributed by atoms with van der Waals surface area (Å²) < 4.78 is 0. The molecule has 0 aliphatic carbocycles. The Morgan fingerprint density at radius 3 is 2.02 bits per heavy atom. The molecule has 5 heteroatoms. The third kappa shape index (κ3) is 7.90. The quantitative estimate of drug-likeness (QED) is 0.0696. The number of rotatable bonds is 9. The molecule has 1 N–H and O–H groups in total. The molecular formula is C43H53IrN2O2-. The first-order chi connectivity index (χ1) is 22.2. The number of allylic oxidation sites excluding steroid dienone is 2. The molecule has 0 saturated heterocycles. The maximum absolute atomic E-state index is 12.2. The number of carbonyl (C=O) groups excluding carboxylic acids is 1. The molecule has 1 heterocycles. The summed E-state index contributed by atoms with van der Waals surface area (Å²) >= 11 is 0. The molecular weight excluding hydrogens is 769 g/mol. The fourth-order valence-corrected chi connectivity index (χ4v) is 6.30. The SMILES string of the molecule is CCC(C)(CC)C(=O)/C=C(\O)C(C)(CC)CC.Cc1[c-]c(-c2nc(C)nc3c2ccc2c4ccccc4cc(C(C)C)c23)cc(C)c1.[Ir]. The van der Waals surface area contributed by atoms with E-state index >= 15 is 0 Å². The largest absolute Gasteiger partial charge is 0.512 e. The first kappa shape index (κ1) is 39.0. The topological polar surface area (TPSA) is 63.1 Å². The van der Waals surface area contributed by atoms with Crippen molar-refractivity contribution in [1.29, 1.82) is 0 Å². The average Bonchev–Trinajstić information content (AvgIpc) is 3.06. The Balaban J connectivity index is 0.000000301. The van der Waals surface area contributed by atoms with Crippen LogP contribution in [0.25, 0.3) is 43.7 Å². The van der Waals surface area contributed by atoms with Crippen LogP contribution in [0.2, 0.25) is 0 Å². The Morgan fingerprint density at radius 2 is 1.44 bits per heavy atom. The minimum absolute atomic E-state index is 0. The molecule has 48 heavy (non-hydrogen) atoms.